The van der Waals surface area contributed by atoms with Crippen LogP contribution in [0.3, 0.4) is 0 Å². The number of nitrogens with zero attached hydrogens (tertiary/aromatic N) is 6. The maximum Gasteiger partial charge on any atom is 0.254 e. The van der Waals surface area contributed by atoms with Crippen molar-refractivity contribution >= 4 is 11.8 Å². The van der Waals surface area contributed by atoms with Gasteiger partial charge in [-0.25, -0.2) is 4.68 Å². The minimum atomic E-state index is -0.0595. The molecule has 9 heteroatoms. The number of carbonyl (C=O) groups is 2. The maximum atomic E-state index is 12.5. The zero-order valence-electron chi connectivity index (χ0n) is 13.3. The molecule has 0 spiro atoms. The Bertz CT molecular complexity index is 710. The lowest BCUT2D eigenvalue weighted by molar-refractivity contribution is -0.133. The molecule has 2 aromatic rings. The largest absolute Gasteiger partial charge is 0.497 e. The first-order valence-corrected chi connectivity index (χ1v) is 7.59. The van der Waals surface area contributed by atoms with Crippen LogP contribution < -0.4 is 4.74 Å². The molecule has 1 saturated heterocycles. The monoisotopic (exact) mass is 330 g/mol. The number of hydrogen-bond acceptors (Lipinski definition) is 6. The fourth-order valence-electron chi connectivity index (χ4n) is 2.59. The normalized spacial score (nSPS) is 14.5. The van der Waals surface area contributed by atoms with E-state index < -0.39 is 0 Å². The van der Waals surface area contributed by atoms with Gasteiger partial charge in [-0.3, -0.25) is 9.59 Å². The second-order valence-electron chi connectivity index (χ2n) is 5.41. The van der Waals surface area contributed by atoms with Crippen LogP contribution in [0.1, 0.15) is 10.4 Å². The average Bonchev–Trinajstić information content (AvgIpc) is 3.14. The lowest BCUT2D eigenvalue weighted by atomic mass is 10.1. The summed E-state index contributed by atoms with van der Waals surface area (Å²) in [6.07, 6.45) is 1.40. The molecule has 3 rings (SSSR count). The Morgan fingerprint density at radius 3 is 2.58 bits per heavy atom. The van der Waals surface area contributed by atoms with E-state index in [0.29, 0.717) is 37.5 Å². The number of hydrogen-bond donors (Lipinski definition) is 0. The molecule has 1 aromatic heterocycles. The van der Waals surface area contributed by atoms with Crippen molar-refractivity contribution in [2.75, 3.05) is 33.3 Å². The summed E-state index contributed by atoms with van der Waals surface area (Å²) in [6, 6.07) is 7.07. The van der Waals surface area contributed by atoms with Crippen LogP contribution in [0.25, 0.3) is 0 Å². The van der Waals surface area contributed by atoms with E-state index in [0.717, 1.165) is 0 Å². The highest BCUT2D eigenvalue weighted by Crippen LogP contribution is 2.15. The number of amides is 2. The van der Waals surface area contributed by atoms with Gasteiger partial charge in [0.15, 0.2) is 0 Å². The lowest BCUT2D eigenvalue weighted by Crippen LogP contribution is -2.51. The number of tetrazole rings is 1. The van der Waals surface area contributed by atoms with Crippen LogP contribution >= 0.6 is 0 Å². The van der Waals surface area contributed by atoms with Crippen molar-refractivity contribution in [2.24, 2.45) is 0 Å². The summed E-state index contributed by atoms with van der Waals surface area (Å²) < 4.78 is 6.53. The predicted molar refractivity (Wildman–Crippen MR) is 83.3 cm³/mol. The van der Waals surface area contributed by atoms with Crippen molar-refractivity contribution < 1.29 is 14.3 Å². The second kappa shape index (κ2) is 7.07. The third-order valence-corrected chi connectivity index (χ3v) is 3.92. The van der Waals surface area contributed by atoms with Crippen LogP contribution in [-0.2, 0) is 11.3 Å². The number of ether oxygens (including phenoxy) is 1. The van der Waals surface area contributed by atoms with Crippen LogP contribution in [-0.4, -0.2) is 75.1 Å². The molecule has 0 bridgehead atoms. The van der Waals surface area contributed by atoms with Crippen molar-refractivity contribution in [1.29, 1.82) is 0 Å². The van der Waals surface area contributed by atoms with Gasteiger partial charge in [-0.05, 0) is 28.6 Å². The third-order valence-electron chi connectivity index (χ3n) is 3.92. The topological polar surface area (TPSA) is 93.5 Å². The first-order valence-electron chi connectivity index (χ1n) is 7.59. The van der Waals surface area contributed by atoms with E-state index in [9.17, 15) is 9.59 Å². The first-order chi connectivity index (χ1) is 11.7. The molecule has 0 radical (unpaired) electrons. The van der Waals surface area contributed by atoms with Crippen molar-refractivity contribution in [3.63, 3.8) is 0 Å². The van der Waals surface area contributed by atoms with Gasteiger partial charge in [0.1, 0.15) is 18.6 Å². The smallest absolute Gasteiger partial charge is 0.254 e. The van der Waals surface area contributed by atoms with Gasteiger partial charge < -0.3 is 14.5 Å². The van der Waals surface area contributed by atoms with E-state index in [1.54, 1.807) is 41.2 Å². The molecule has 126 valence electrons. The number of piperazine rings is 1. The second-order valence-corrected chi connectivity index (χ2v) is 5.41. The number of rotatable bonds is 4. The van der Waals surface area contributed by atoms with Gasteiger partial charge in [-0.15, -0.1) is 5.10 Å². The summed E-state index contributed by atoms with van der Waals surface area (Å²) in [5.41, 5.74) is 0.586. The number of benzene rings is 1. The minimum Gasteiger partial charge on any atom is -0.497 e. The van der Waals surface area contributed by atoms with Crippen molar-refractivity contribution in [2.45, 2.75) is 6.54 Å². The van der Waals surface area contributed by atoms with Gasteiger partial charge in [0.25, 0.3) is 5.91 Å². The Morgan fingerprint density at radius 1 is 1.17 bits per heavy atom. The molecule has 0 N–H and O–H groups in total. The summed E-state index contributed by atoms with van der Waals surface area (Å²) in [5.74, 6) is 0.536. The molecule has 0 atom stereocenters. The van der Waals surface area contributed by atoms with Gasteiger partial charge >= 0.3 is 0 Å². The lowest BCUT2D eigenvalue weighted by Gasteiger charge is -2.34. The minimum absolute atomic E-state index is 0.0542. The molecule has 2 amide bonds. The summed E-state index contributed by atoms with van der Waals surface area (Å²) >= 11 is 0. The predicted octanol–water partition coefficient (Wildman–Crippen LogP) is -0.334. The maximum absolute atomic E-state index is 12.5. The number of carbonyl (C=O) groups excluding carboxylic acids is 2. The van der Waals surface area contributed by atoms with E-state index in [2.05, 4.69) is 15.5 Å². The number of aromatic nitrogens is 4. The van der Waals surface area contributed by atoms with Gasteiger partial charge in [0, 0.05) is 31.7 Å². The van der Waals surface area contributed by atoms with E-state index >= 15 is 0 Å². The summed E-state index contributed by atoms with van der Waals surface area (Å²) in [5, 5.41) is 10.7. The Balaban J connectivity index is 1.56. The molecule has 1 aliphatic rings. The molecule has 0 aliphatic carbocycles. The van der Waals surface area contributed by atoms with Crippen LogP contribution in [0, 0.1) is 0 Å². The average molecular weight is 330 g/mol. The molecule has 1 aliphatic heterocycles. The van der Waals surface area contributed by atoms with Crippen molar-refractivity contribution in [1.82, 2.24) is 30.0 Å². The SMILES string of the molecule is COc1cccc(C(=O)N2CCN(C(=O)Cn3cnnn3)CC2)c1. The van der Waals surface area contributed by atoms with Crippen LogP contribution in [0.15, 0.2) is 30.6 Å². The Kier molecular flexibility index (Phi) is 4.69. The van der Waals surface area contributed by atoms with Gasteiger partial charge in [-0.1, -0.05) is 6.07 Å². The van der Waals surface area contributed by atoms with Crippen LogP contribution in [0.5, 0.6) is 5.75 Å². The van der Waals surface area contributed by atoms with Gasteiger partial charge in [0.2, 0.25) is 5.91 Å². The van der Waals surface area contributed by atoms with Crippen molar-refractivity contribution in [3.05, 3.63) is 36.2 Å². The molecule has 2 heterocycles. The molecule has 24 heavy (non-hydrogen) atoms. The van der Waals surface area contributed by atoms with Crippen molar-refractivity contribution in [3.8, 4) is 5.75 Å². The van der Waals surface area contributed by atoms with E-state index in [4.69, 9.17) is 4.74 Å². The zero-order valence-corrected chi connectivity index (χ0v) is 13.3. The highest BCUT2D eigenvalue weighted by atomic mass is 16.5. The quantitative estimate of drug-likeness (QED) is 0.762. The Labute approximate surface area is 138 Å². The fourth-order valence-corrected chi connectivity index (χ4v) is 2.59. The molecule has 1 aromatic carbocycles. The zero-order chi connectivity index (χ0) is 16.9. The van der Waals surface area contributed by atoms with Crippen LogP contribution in [0.4, 0.5) is 0 Å². The van der Waals surface area contributed by atoms with Crippen LogP contribution in [0.2, 0.25) is 0 Å². The summed E-state index contributed by atoms with van der Waals surface area (Å²) in [6.45, 7) is 2.10. The molecule has 9 nitrogen and oxygen atoms in total. The summed E-state index contributed by atoms with van der Waals surface area (Å²) in [7, 11) is 1.57. The standard InChI is InChI=1S/C15H18N6O3/c1-24-13-4-2-3-12(9-13)15(23)20-7-5-19(6-8-20)14(22)10-21-11-16-17-18-21/h2-4,9,11H,5-8,10H2,1H3. The molecular weight excluding hydrogens is 312 g/mol. The Morgan fingerprint density at radius 2 is 1.92 bits per heavy atom. The molecule has 1 fully saturated rings. The highest BCUT2D eigenvalue weighted by Gasteiger charge is 2.25. The fraction of sp³-hybridized carbons (Fsp3) is 0.400. The highest BCUT2D eigenvalue weighted by molar-refractivity contribution is 5.94. The molecule has 0 unspecified atom stereocenters. The summed E-state index contributed by atoms with van der Waals surface area (Å²) in [4.78, 5) is 28.2. The third kappa shape index (κ3) is 3.50. The van der Waals surface area contributed by atoms with Gasteiger partial charge in [0.05, 0.1) is 7.11 Å². The van der Waals surface area contributed by atoms with Gasteiger partial charge in [-0.2, -0.15) is 0 Å². The van der Waals surface area contributed by atoms with E-state index in [1.807, 2.05) is 0 Å². The Hall–Kier alpha value is -2.97. The van der Waals surface area contributed by atoms with E-state index in [-0.39, 0.29) is 18.4 Å². The first kappa shape index (κ1) is 15.9. The number of methoxy groups -OCH3 is 1. The molecular formula is C15H18N6O3. The molecule has 0 saturated carbocycles. The van der Waals surface area contributed by atoms with E-state index in [1.165, 1.54) is 11.0 Å².